The van der Waals surface area contributed by atoms with Crippen LogP contribution >= 0.6 is 0 Å². The molecule has 0 amide bonds. The van der Waals surface area contributed by atoms with Gasteiger partial charge in [-0.15, -0.1) is 0 Å². The van der Waals surface area contributed by atoms with Gasteiger partial charge in [0.2, 0.25) is 0 Å². The van der Waals surface area contributed by atoms with Crippen LogP contribution in [-0.2, 0) is 9.22 Å². The molecule has 1 aliphatic carbocycles. The van der Waals surface area contributed by atoms with Crippen molar-refractivity contribution in [1.29, 1.82) is 0 Å². The monoisotopic (exact) mass is 282 g/mol. The van der Waals surface area contributed by atoms with Gasteiger partial charge in [-0.05, 0) is 43.8 Å². The van der Waals surface area contributed by atoms with Gasteiger partial charge in [-0.3, -0.25) is 0 Å². The molecule has 0 aromatic heterocycles. The van der Waals surface area contributed by atoms with Gasteiger partial charge in [0.25, 0.3) is 0 Å². The Morgan fingerprint density at radius 3 is 2.47 bits per heavy atom. The van der Waals surface area contributed by atoms with Gasteiger partial charge in [0.15, 0.2) is 8.32 Å². The first-order chi connectivity index (χ1) is 8.58. The van der Waals surface area contributed by atoms with Crippen LogP contribution in [0, 0.1) is 11.8 Å². The first kappa shape index (κ1) is 16.6. The Kier molecular flexibility index (Phi) is 5.19. The quantitative estimate of drug-likeness (QED) is 0.429. The molecule has 1 aliphatic rings. The van der Waals surface area contributed by atoms with Crippen molar-refractivity contribution in [1.82, 2.24) is 0 Å². The van der Waals surface area contributed by atoms with Crippen LogP contribution in [-0.4, -0.2) is 20.7 Å². The average molecular weight is 283 g/mol. The minimum atomic E-state index is -1.78. The second-order valence-electron chi connectivity index (χ2n) is 7.55. The van der Waals surface area contributed by atoms with Crippen molar-refractivity contribution in [3.63, 3.8) is 0 Å². The summed E-state index contributed by atoms with van der Waals surface area (Å²) in [5.41, 5.74) is 1.40. The Bertz CT molecular complexity index is 352. The summed E-state index contributed by atoms with van der Waals surface area (Å²) in [7, 11) is -1.78. The largest absolute Gasteiger partial charge is 0.410 e. The summed E-state index contributed by atoms with van der Waals surface area (Å²) in [4.78, 5) is 11.1. The molecule has 0 radical (unpaired) electrons. The van der Waals surface area contributed by atoms with Crippen LogP contribution in [0.25, 0.3) is 0 Å². The number of hydrogen-bond acceptors (Lipinski definition) is 2. The van der Waals surface area contributed by atoms with Crippen LogP contribution in [0.3, 0.4) is 0 Å². The van der Waals surface area contributed by atoms with E-state index in [0.29, 0.717) is 5.92 Å². The molecule has 0 fully saturated rings. The smallest absolute Gasteiger partial charge is 0.192 e. The fourth-order valence-corrected chi connectivity index (χ4v) is 3.62. The van der Waals surface area contributed by atoms with E-state index in [-0.39, 0.29) is 17.1 Å². The Balaban J connectivity index is 2.93. The van der Waals surface area contributed by atoms with Gasteiger partial charge in [0, 0.05) is 5.92 Å². The SMILES string of the molecule is CC1=C[C@@H](O[Si](C)(C)C(C)(C)C)C([C@@H](C)C=O)CC1. The zero-order chi connectivity index (χ0) is 14.8. The minimum absolute atomic E-state index is 0.0825. The third-order valence-corrected chi connectivity index (χ3v) is 9.34. The van der Waals surface area contributed by atoms with E-state index in [2.05, 4.69) is 46.9 Å². The van der Waals surface area contributed by atoms with Gasteiger partial charge in [-0.25, -0.2) is 0 Å². The maximum Gasteiger partial charge on any atom is 0.192 e. The van der Waals surface area contributed by atoms with Crippen molar-refractivity contribution in [2.75, 3.05) is 0 Å². The number of allylic oxidation sites excluding steroid dienone is 1. The van der Waals surface area contributed by atoms with Gasteiger partial charge in [0.05, 0.1) is 6.10 Å². The molecule has 0 saturated carbocycles. The molecule has 0 heterocycles. The van der Waals surface area contributed by atoms with E-state index in [1.807, 2.05) is 6.92 Å². The zero-order valence-electron chi connectivity index (χ0n) is 13.6. The third-order valence-electron chi connectivity index (χ3n) is 4.87. The molecule has 110 valence electrons. The number of carbonyl (C=O) groups is 1. The van der Waals surface area contributed by atoms with Crippen molar-refractivity contribution >= 4 is 14.6 Å². The van der Waals surface area contributed by atoms with E-state index < -0.39 is 8.32 Å². The summed E-state index contributed by atoms with van der Waals surface area (Å²) >= 11 is 0. The van der Waals surface area contributed by atoms with Crippen LogP contribution in [0.5, 0.6) is 0 Å². The predicted molar refractivity (Wildman–Crippen MR) is 83.8 cm³/mol. The molecule has 0 aromatic carbocycles. The van der Waals surface area contributed by atoms with Crippen LogP contribution < -0.4 is 0 Å². The van der Waals surface area contributed by atoms with Crippen LogP contribution in [0.4, 0.5) is 0 Å². The van der Waals surface area contributed by atoms with Crippen molar-refractivity contribution in [3.8, 4) is 0 Å². The minimum Gasteiger partial charge on any atom is -0.410 e. The Hall–Kier alpha value is -0.413. The molecular formula is C16H30O2Si. The Morgan fingerprint density at radius 1 is 1.42 bits per heavy atom. The normalized spacial score (nSPS) is 26.8. The topological polar surface area (TPSA) is 26.3 Å². The lowest BCUT2D eigenvalue weighted by atomic mass is 9.80. The molecule has 19 heavy (non-hydrogen) atoms. The summed E-state index contributed by atoms with van der Waals surface area (Å²) in [6.45, 7) is 15.5. The highest BCUT2D eigenvalue weighted by molar-refractivity contribution is 6.74. The molecule has 0 saturated heterocycles. The fraction of sp³-hybridized carbons (Fsp3) is 0.812. The van der Waals surface area contributed by atoms with Gasteiger partial charge in [-0.2, -0.15) is 0 Å². The van der Waals surface area contributed by atoms with Crippen molar-refractivity contribution in [2.24, 2.45) is 11.8 Å². The molecule has 3 heteroatoms. The number of hydrogen-bond donors (Lipinski definition) is 0. The molecule has 0 aromatic rings. The third kappa shape index (κ3) is 4.02. The highest BCUT2D eigenvalue weighted by atomic mass is 28.4. The van der Waals surface area contributed by atoms with Crippen LogP contribution in [0.1, 0.15) is 47.5 Å². The molecule has 0 bridgehead atoms. The first-order valence-corrected chi connectivity index (χ1v) is 10.3. The molecular weight excluding hydrogens is 252 g/mol. The predicted octanol–water partition coefficient (Wildman–Crippen LogP) is 4.57. The summed E-state index contributed by atoms with van der Waals surface area (Å²) in [6.07, 6.45) is 5.63. The van der Waals surface area contributed by atoms with Crippen molar-refractivity contribution in [3.05, 3.63) is 11.6 Å². The fourth-order valence-electron chi connectivity index (χ4n) is 2.35. The molecule has 0 aliphatic heterocycles. The highest BCUT2D eigenvalue weighted by Crippen LogP contribution is 2.40. The highest BCUT2D eigenvalue weighted by Gasteiger charge is 2.41. The zero-order valence-corrected chi connectivity index (χ0v) is 14.6. The number of rotatable bonds is 4. The van der Waals surface area contributed by atoms with Crippen LogP contribution in [0.2, 0.25) is 18.1 Å². The number of aldehydes is 1. The lowest BCUT2D eigenvalue weighted by molar-refractivity contribution is -0.113. The molecule has 1 unspecified atom stereocenters. The van der Waals surface area contributed by atoms with E-state index in [1.165, 1.54) is 5.57 Å². The Labute approximate surface area is 119 Å². The lowest BCUT2D eigenvalue weighted by Crippen LogP contribution is -2.47. The van der Waals surface area contributed by atoms with Crippen LogP contribution in [0.15, 0.2) is 11.6 Å². The second kappa shape index (κ2) is 5.92. The molecule has 3 atom stereocenters. The first-order valence-electron chi connectivity index (χ1n) is 7.39. The maximum absolute atomic E-state index is 11.1. The lowest BCUT2D eigenvalue weighted by Gasteiger charge is -2.42. The summed E-state index contributed by atoms with van der Waals surface area (Å²) < 4.78 is 6.55. The average Bonchev–Trinajstić information content (AvgIpc) is 2.26. The van der Waals surface area contributed by atoms with Gasteiger partial charge in [-0.1, -0.05) is 39.3 Å². The van der Waals surface area contributed by atoms with Crippen molar-refractivity contribution in [2.45, 2.75) is 71.7 Å². The van der Waals surface area contributed by atoms with Gasteiger partial charge >= 0.3 is 0 Å². The van der Waals surface area contributed by atoms with E-state index in [9.17, 15) is 4.79 Å². The van der Waals surface area contributed by atoms with Crippen molar-refractivity contribution < 1.29 is 9.22 Å². The maximum atomic E-state index is 11.1. The molecule has 0 spiro atoms. The van der Waals surface area contributed by atoms with E-state index in [1.54, 1.807) is 0 Å². The molecule has 1 rings (SSSR count). The van der Waals surface area contributed by atoms with E-state index in [0.717, 1.165) is 19.1 Å². The second-order valence-corrected chi connectivity index (χ2v) is 12.3. The molecule has 2 nitrogen and oxygen atoms in total. The van der Waals surface area contributed by atoms with E-state index >= 15 is 0 Å². The van der Waals surface area contributed by atoms with Gasteiger partial charge in [0.1, 0.15) is 6.29 Å². The summed E-state index contributed by atoms with van der Waals surface area (Å²) in [5.74, 6) is 0.425. The van der Waals surface area contributed by atoms with E-state index in [4.69, 9.17) is 4.43 Å². The number of carbonyl (C=O) groups excluding carboxylic acids is 1. The summed E-state index contributed by atoms with van der Waals surface area (Å²) in [6, 6.07) is 0. The van der Waals surface area contributed by atoms with Gasteiger partial charge < -0.3 is 9.22 Å². The Morgan fingerprint density at radius 2 is 2.00 bits per heavy atom. The standard InChI is InChI=1S/C16H30O2Si/c1-12-8-9-14(13(2)11-17)15(10-12)18-19(6,7)16(3,4)5/h10-11,13-15H,8-9H2,1-7H3/t13-,14?,15+/m0/s1. The molecule has 0 N–H and O–H groups in total. The summed E-state index contributed by atoms with van der Waals surface area (Å²) in [5, 5.41) is 0.209.